The summed E-state index contributed by atoms with van der Waals surface area (Å²) in [7, 11) is 0. The summed E-state index contributed by atoms with van der Waals surface area (Å²) in [6, 6.07) is 7.55. The van der Waals surface area contributed by atoms with Crippen LogP contribution in [0.5, 0.6) is 0 Å². The molecule has 1 N–H and O–H groups in total. The van der Waals surface area contributed by atoms with Crippen LogP contribution in [-0.2, 0) is 0 Å². The largest absolute Gasteiger partial charge is 0.271 e. The van der Waals surface area contributed by atoms with Gasteiger partial charge < -0.3 is 0 Å². The van der Waals surface area contributed by atoms with Crippen LogP contribution in [-0.4, -0.2) is 10.2 Å². The third kappa shape index (κ3) is 2.02. The lowest BCUT2D eigenvalue weighted by atomic mass is 10.1. The first-order valence-electron chi connectivity index (χ1n) is 3.83. The fourth-order valence-corrected chi connectivity index (χ4v) is 2.01. The molecule has 0 radical (unpaired) electrons. The van der Waals surface area contributed by atoms with Crippen LogP contribution in [0.1, 0.15) is 0 Å². The molecule has 2 aromatic rings. The second-order valence-corrected chi connectivity index (χ2v) is 4.90. The van der Waals surface area contributed by atoms with E-state index in [1.807, 2.05) is 24.3 Å². The van der Waals surface area contributed by atoms with Crippen molar-refractivity contribution in [3.05, 3.63) is 38.4 Å². The number of halogens is 3. The minimum Gasteiger partial charge on any atom is -0.271 e. The van der Waals surface area contributed by atoms with E-state index in [-0.39, 0.29) is 0 Å². The quantitative estimate of drug-likeness (QED) is 0.828. The Bertz CT molecular complexity index is 468. The summed E-state index contributed by atoms with van der Waals surface area (Å²) >= 11 is 12.7. The van der Waals surface area contributed by atoms with Gasteiger partial charge in [0.05, 0.1) is 10.7 Å². The first-order valence-corrected chi connectivity index (χ1v) is 5.79. The molecule has 0 saturated carbocycles. The van der Waals surface area contributed by atoms with Crippen molar-refractivity contribution < 1.29 is 0 Å². The molecule has 14 heavy (non-hydrogen) atoms. The molecule has 0 bridgehead atoms. The minimum absolute atomic E-state index is 0.687. The van der Waals surface area contributed by atoms with E-state index >= 15 is 0 Å². The molecule has 0 aliphatic heterocycles. The summed E-state index contributed by atoms with van der Waals surface area (Å²) in [4.78, 5) is 0. The van der Waals surface area contributed by atoms with E-state index in [2.05, 4.69) is 42.1 Å². The molecule has 0 unspecified atom stereocenters. The number of hydrogen-bond acceptors (Lipinski definition) is 1. The monoisotopic (exact) mass is 334 g/mol. The van der Waals surface area contributed by atoms with E-state index in [1.165, 1.54) is 0 Å². The van der Waals surface area contributed by atoms with Crippen LogP contribution < -0.4 is 0 Å². The van der Waals surface area contributed by atoms with Crippen molar-refractivity contribution in [3.8, 4) is 11.3 Å². The molecule has 0 spiro atoms. The molecule has 0 fully saturated rings. The molecule has 0 amide bonds. The smallest absolute Gasteiger partial charge is 0.101 e. The third-order valence-corrected chi connectivity index (χ3v) is 2.98. The number of nitrogens with zero attached hydrogens (tertiary/aromatic N) is 1. The Morgan fingerprint density at radius 2 is 2.00 bits per heavy atom. The van der Waals surface area contributed by atoms with Crippen LogP contribution in [0.4, 0.5) is 0 Å². The maximum atomic E-state index is 6.05. The van der Waals surface area contributed by atoms with Crippen molar-refractivity contribution in [3.63, 3.8) is 0 Å². The highest BCUT2D eigenvalue weighted by molar-refractivity contribution is 9.10. The number of aromatic nitrogens is 2. The van der Waals surface area contributed by atoms with Gasteiger partial charge in [0, 0.05) is 10.0 Å². The molecule has 1 aromatic carbocycles. The van der Waals surface area contributed by atoms with Gasteiger partial charge in [-0.3, -0.25) is 5.10 Å². The lowest BCUT2D eigenvalue weighted by molar-refractivity contribution is 1.07. The number of rotatable bonds is 1. The van der Waals surface area contributed by atoms with Gasteiger partial charge in [0.2, 0.25) is 0 Å². The predicted molar refractivity (Wildman–Crippen MR) is 64.4 cm³/mol. The first-order chi connectivity index (χ1) is 6.66. The zero-order valence-corrected chi connectivity index (χ0v) is 10.8. The molecular formula is C9H5Br2ClN2. The first kappa shape index (κ1) is 10.2. The molecule has 2 nitrogen and oxygen atoms in total. The lowest BCUT2D eigenvalue weighted by Crippen LogP contribution is -1.79. The van der Waals surface area contributed by atoms with E-state index in [0.717, 1.165) is 20.3 Å². The van der Waals surface area contributed by atoms with E-state index in [4.69, 9.17) is 11.6 Å². The molecule has 0 aliphatic carbocycles. The second kappa shape index (κ2) is 4.04. The highest BCUT2D eigenvalue weighted by Crippen LogP contribution is 2.30. The fourth-order valence-electron chi connectivity index (χ4n) is 1.13. The van der Waals surface area contributed by atoms with Gasteiger partial charge in [0.15, 0.2) is 0 Å². The molecule has 1 aromatic heterocycles. The topological polar surface area (TPSA) is 28.7 Å². The summed E-state index contributed by atoms with van der Waals surface area (Å²) in [5, 5.41) is 7.60. The SMILES string of the molecule is Clc1ccc(Br)cc1-c1cc(Br)[nH]n1. The number of aromatic amines is 1. The number of hydrogen-bond donors (Lipinski definition) is 1. The molecular weight excluding hydrogens is 331 g/mol. The summed E-state index contributed by atoms with van der Waals surface area (Å²) < 4.78 is 1.82. The van der Waals surface area contributed by atoms with E-state index < -0.39 is 0 Å². The van der Waals surface area contributed by atoms with E-state index in [0.29, 0.717) is 5.02 Å². The van der Waals surface area contributed by atoms with Crippen LogP contribution in [0, 0.1) is 0 Å². The van der Waals surface area contributed by atoms with Gasteiger partial charge in [0.25, 0.3) is 0 Å². The van der Waals surface area contributed by atoms with Crippen molar-refractivity contribution in [1.82, 2.24) is 10.2 Å². The Balaban J connectivity index is 2.55. The highest BCUT2D eigenvalue weighted by atomic mass is 79.9. The van der Waals surface area contributed by atoms with E-state index in [9.17, 15) is 0 Å². The van der Waals surface area contributed by atoms with Crippen LogP contribution in [0.2, 0.25) is 5.02 Å². The van der Waals surface area contributed by atoms with Gasteiger partial charge in [-0.15, -0.1) is 0 Å². The average Bonchev–Trinajstić information content (AvgIpc) is 2.56. The maximum absolute atomic E-state index is 6.05. The van der Waals surface area contributed by atoms with Gasteiger partial charge in [0.1, 0.15) is 4.60 Å². The Morgan fingerprint density at radius 3 is 2.64 bits per heavy atom. The fraction of sp³-hybridized carbons (Fsp3) is 0. The molecule has 2 rings (SSSR count). The highest BCUT2D eigenvalue weighted by Gasteiger charge is 2.07. The Kier molecular flexibility index (Phi) is 2.95. The number of benzene rings is 1. The number of H-pyrrole nitrogens is 1. The van der Waals surface area contributed by atoms with Crippen LogP contribution in [0.25, 0.3) is 11.3 Å². The van der Waals surface area contributed by atoms with Crippen molar-refractivity contribution >= 4 is 43.5 Å². The summed E-state index contributed by atoms with van der Waals surface area (Å²) in [5.41, 5.74) is 1.73. The van der Waals surface area contributed by atoms with Crippen LogP contribution >= 0.6 is 43.5 Å². The van der Waals surface area contributed by atoms with Gasteiger partial charge in [-0.25, -0.2) is 0 Å². The molecule has 5 heteroatoms. The zero-order valence-electron chi connectivity index (χ0n) is 6.89. The predicted octanol–water partition coefficient (Wildman–Crippen LogP) is 4.26. The van der Waals surface area contributed by atoms with Crippen LogP contribution in [0.15, 0.2) is 33.3 Å². The lowest BCUT2D eigenvalue weighted by Gasteiger charge is -2.00. The van der Waals surface area contributed by atoms with Crippen molar-refractivity contribution in [2.24, 2.45) is 0 Å². The second-order valence-electron chi connectivity index (χ2n) is 2.73. The summed E-state index contributed by atoms with van der Waals surface area (Å²) in [6.45, 7) is 0. The van der Waals surface area contributed by atoms with Crippen molar-refractivity contribution in [1.29, 1.82) is 0 Å². The van der Waals surface area contributed by atoms with Gasteiger partial charge >= 0.3 is 0 Å². The van der Waals surface area contributed by atoms with E-state index in [1.54, 1.807) is 0 Å². The van der Waals surface area contributed by atoms with Crippen LogP contribution in [0.3, 0.4) is 0 Å². The molecule has 0 atom stereocenters. The normalized spacial score (nSPS) is 10.5. The summed E-state index contributed by atoms with van der Waals surface area (Å²) in [5.74, 6) is 0. The zero-order chi connectivity index (χ0) is 10.1. The molecule has 72 valence electrons. The maximum Gasteiger partial charge on any atom is 0.101 e. The van der Waals surface area contributed by atoms with Crippen molar-refractivity contribution in [2.45, 2.75) is 0 Å². The molecule has 0 aliphatic rings. The van der Waals surface area contributed by atoms with Gasteiger partial charge in [-0.2, -0.15) is 5.10 Å². The standard InChI is InChI=1S/C9H5Br2ClN2/c10-5-1-2-7(12)6(3-5)8-4-9(11)14-13-8/h1-4H,(H,13,14). The summed E-state index contributed by atoms with van der Waals surface area (Å²) in [6.07, 6.45) is 0. The Labute approximate surface area is 103 Å². The molecule has 1 heterocycles. The van der Waals surface area contributed by atoms with Crippen molar-refractivity contribution in [2.75, 3.05) is 0 Å². The van der Waals surface area contributed by atoms with Gasteiger partial charge in [-0.1, -0.05) is 27.5 Å². The molecule has 0 saturated heterocycles. The minimum atomic E-state index is 0.687. The third-order valence-electron chi connectivity index (χ3n) is 1.75. The average molecular weight is 336 g/mol. The Morgan fingerprint density at radius 1 is 1.21 bits per heavy atom. The number of nitrogens with one attached hydrogen (secondary N) is 1. The van der Waals surface area contributed by atoms with Gasteiger partial charge in [-0.05, 0) is 40.2 Å². The Hall–Kier alpha value is -0.320.